The lowest BCUT2D eigenvalue weighted by Gasteiger charge is -2.09. The molecule has 0 unspecified atom stereocenters. The van der Waals surface area contributed by atoms with Gasteiger partial charge in [0.1, 0.15) is 0 Å². The van der Waals surface area contributed by atoms with Crippen molar-refractivity contribution in [1.29, 1.82) is 0 Å². The summed E-state index contributed by atoms with van der Waals surface area (Å²) in [5.41, 5.74) is 2.15. The molecule has 2 aromatic carbocycles. The van der Waals surface area contributed by atoms with Crippen LogP contribution in [0.5, 0.6) is 0 Å². The minimum Gasteiger partial charge on any atom is -0.320 e. The molecule has 0 saturated heterocycles. The average Bonchev–Trinajstić information content (AvgIpc) is 2.90. The normalized spacial score (nSPS) is 10.5. The molecule has 5 heteroatoms. The molecular weight excluding hydrogens is 306 g/mol. The van der Waals surface area contributed by atoms with Gasteiger partial charge in [-0.15, -0.1) is 0 Å². The molecule has 0 atom stereocenters. The number of amides is 1. The van der Waals surface area contributed by atoms with Gasteiger partial charge in [-0.1, -0.05) is 42.1 Å². The van der Waals surface area contributed by atoms with Gasteiger partial charge in [0.15, 0.2) is 5.69 Å². The fourth-order valence-corrected chi connectivity index (χ4v) is 3.06. The van der Waals surface area contributed by atoms with Crippen molar-refractivity contribution in [1.82, 2.24) is 9.78 Å². The van der Waals surface area contributed by atoms with E-state index in [1.165, 1.54) is 0 Å². The highest BCUT2D eigenvalue weighted by molar-refractivity contribution is 7.99. The van der Waals surface area contributed by atoms with Crippen LogP contribution in [0.3, 0.4) is 0 Å². The molecule has 0 aliphatic heterocycles. The van der Waals surface area contributed by atoms with Gasteiger partial charge in [-0.3, -0.25) is 9.48 Å². The second kappa shape index (κ2) is 6.71. The molecule has 116 valence electrons. The Balaban J connectivity index is 1.81. The molecule has 0 aliphatic rings. The number of hydrogen-bond donors (Lipinski definition) is 1. The number of anilines is 1. The third kappa shape index (κ3) is 3.63. The summed E-state index contributed by atoms with van der Waals surface area (Å²) >= 11 is 1.62. The van der Waals surface area contributed by atoms with Crippen molar-refractivity contribution >= 4 is 23.4 Å². The minimum absolute atomic E-state index is 0.199. The van der Waals surface area contributed by atoms with Crippen molar-refractivity contribution in [2.75, 3.05) is 5.32 Å². The van der Waals surface area contributed by atoms with Gasteiger partial charge in [0.2, 0.25) is 0 Å². The highest BCUT2D eigenvalue weighted by atomic mass is 32.2. The lowest BCUT2D eigenvalue weighted by Crippen LogP contribution is -2.13. The SMILES string of the molecule is Cc1cc(C(=O)Nc2ccccc2Sc2ccccc2)nn1C. The van der Waals surface area contributed by atoms with Crippen molar-refractivity contribution in [3.8, 4) is 0 Å². The zero-order valence-electron chi connectivity index (χ0n) is 13.0. The third-order valence-corrected chi connectivity index (χ3v) is 4.54. The summed E-state index contributed by atoms with van der Waals surface area (Å²) in [5, 5.41) is 7.17. The monoisotopic (exact) mass is 323 g/mol. The van der Waals surface area contributed by atoms with Crippen LogP contribution in [0.2, 0.25) is 0 Å². The van der Waals surface area contributed by atoms with E-state index < -0.39 is 0 Å². The maximum absolute atomic E-state index is 12.4. The smallest absolute Gasteiger partial charge is 0.276 e. The number of rotatable bonds is 4. The van der Waals surface area contributed by atoms with Gasteiger partial charge in [-0.05, 0) is 37.3 Å². The first-order valence-electron chi connectivity index (χ1n) is 7.27. The van der Waals surface area contributed by atoms with Crippen molar-refractivity contribution in [2.24, 2.45) is 7.05 Å². The van der Waals surface area contributed by atoms with E-state index in [0.717, 1.165) is 21.2 Å². The molecule has 3 aromatic rings. The van der Waals surface area contributed by atoms with Crippen molar-refractivity contribution < 1.29 is 4.79 Å². The molecule has 0 spiro atoms. The first kappa shape index (κ1) is 15.4. The maximum atomic E-state index is 12.4. The molecule has 0 saturated carbocycles. The molecule has 3 rings (SSSR count). The number of carbonyl (C=O) groups is 1. The number of hydrogen-bond acceptors (Lipinski definition) is 3. The summed E-state index contributed by atoms with van der Waals surface area (Å²) in [6, 6.07) is 19.6. The Morgan fingerprint density at radius 3 is 2.48 bits per heavy atom. The van der Waals surface area contributed by atoms with Crippen LogP contribution >= 0.6 is 11.8 Å². The zero-order valence-corrected chi connectivity index (χ0v) is 13.8. The maximum Gasteiger partial charge on any atom is 0.276 e. The summed E-state index contributed by atoms with van der Waals surface area (Å²) in [5.74, 6) is -0.199. The third-order valence-electron chi connectivity index (χ3n) is 3.45. The molecule has 0 radical (unpaired) electrons. The number of carbonyl (C=O) groups excluding carboxylic acids is 1. The fourth-order valence-electron chi connectivity index (χ4n) is 2.13. The van der Waals surface area contributed by atoms with Gasteiger partial charge in [0.05, 0.1) is 5.69 Å². The van der Waals surface area contributed by atoms with Crippen LogP contribution < -0.4 is 5.32 Å². The largest absolute Gasteiger partial charge is 0.320 e. The Morgan fingerprint density at radius 1 is 1.09 bits per heavy atom. The topological polar surface area (TPSA) is 46.9 Å². The number of nitrogens with one attached hydrogen (secondary N) is 1. The number of aromatic nitrogens is 2. The zero-order chi connectivity index (χ0) is 16.2. The van der Waals surface area contributed by atoms with Crippen LogP contribution in [0, 0.1) is 6.92 Å². The summed E-state index contributed by atoms with van der Waals surface area (Å²) in [4.78, 5) is 14.5. The van der Waals surface area contributed by atoms with Gasteiger partial charge >= 0.3 is 0 Å². The number of aryl methyl sites for hydroxylation is 2. The number of para-hydroxylation sites is 1. The Bertz CT molecular complexity index is 808. The lowest BCUT2D eigenvalue weighted by atomic mass is 10.3. The van der Waals surface area contributed by atoms with Crippen molar-refractivity contribution in [2.45, 2.75) is 16.7 Å². The average molecular weight is 323 g/mol. The minimum atomic E-state index is -0.199. The van der Waals surface area contributed by atoms with Gasteiger partial charge in [-0.2, -0.15) is 5.10 Å². The molecule has 0 bridgehead atoms. The van der Waals surface area contributed by atoms with Crippen LogP contribution in [-0.4, -0.2) is 15.7 Å². The molecule has 0 aliphatic carbocycles. The predicted octanol–water partition coefficient (Wildman–Crippen LogP) is 4.13. The van der Waals surface area contributed by atoms with E-state index in [0.29, 0.717) is 5.69 Å². The Labute approximate surface area is 139 Å². The van der Waals surface area contributed by atoms with Crippen LogP contribution in [0.25, 0.3) is 0 Å². The van der Waals surface area contributed by atoms with E-state index in [9.17, 15) is 4.79 Å². The second-order valence-corrected chi connectivity index (χ2v) is 6.28. The highest BCUT2D eigenvalue weighted by Gasteiger charge is 2.13. The van der Waals surface area contributed by atoms with Gasteiger partial charge in [-0.25, -0.2) is 0 Å². The molecular formula is C18H17N3OS. The van der Waals surface area contributed by atoms with Gasteiger partial charge < -0.3 is 5.32 Å². The highest BCUT2D eigenvalue weighted by Crippen LogP contribution is 2.33. The summed E-state index contributed by atoms with van der Waals surface area (Å²) < 4.78 is 1.69. The van der Waals surface area contributed by atoms with E-state index in [2.05, 4.69) is 10.4 Å². The molecule has 4 nitrogen and oxygen atoms in total. The molecule has 0 fully saturated rings. The molecule has 1 N–H and O–H groups in total. The van der Waals surface area contributed by atoms with Crippen LogP contribution in [0.1, 0.15) is 16.2 Å². The first-order chi connectivity index (χ1) is 11.1. The standard InChI is InChI=1S/C18H17N3OS/c1-13-12-16(20-21(13)2)18(22)19-15-10-6-7-11-17(15)23-14-8-4-3-5-9-14/h3-12H,1-2H3,(H,19,22). The fraction of sp³-hybridized carbons (Fsp3) is 0.111. The van der Waals surface area contributed by atoms with E-state index >= 15 is 0 Å². The molecule has 1 aromatic heterocycles. The second-order valence-electron chi connectivity index (χ2n) is 5.16. The van der Waals surface area contributed by atoms with Crippen molar-refractivity contribution in [3.63, 3.8) is 0 Å². The lowest BCUT2D eigenvalue weighted by molar-refractivity contribution is 0.102. The van der Waals surface area contributed by atoms with Crippen LogP contribution in [0.4, 0.5) is 5.69 Å². The van der Waals surface area contributed by atoms with E-state index in [-0.39, 0.29) is 5.91 Å². The quantitative estimate of drug-likeness (QED) is 0.785. The van der Waals surface area contributed by atoms with E-state index in [1.54, 1.807) is 22.5 Å². The summed E-state index contributed by atoms with van der Waals surface area (Å²) in [6.45, 7) is 1.92. The first-order valence-corrected chi connectivity index (χ1v) is 8.09. The van der Waals surface area contributed by atoms with E-state index in [1.807, 2.05) is 68.6 Å². The van der Waals surface area contributed by atoms with E-state index in [4.69, 9.17) is 0 Å². The summed E-state index contributed by atoms with van der Waals surface area (Å²) in [6.07, 6.45) is 0. The van der Waals surface area contributed by atoms with Gasteiger partial charge in [0, 0.05) is 22.5 Å². The van der Waals surface area contributed by atoms with Crippen LogP contribution in [-0.2, 0) is 7.05 Å². The summed E-state index contributed by atoms with van der Waals surface area (Å²) in [7, 11) is 1.82. The molecule has 23 heavy (non-hydrogen) atoms. The molecule has 1 heterocycles. The van der Waals surface area contributed by atoms with Crippen molar-refractivity contribution in [3.05, 3.63) is 72.1 Å². The Morgan fingerprint density at radius 2 is 1.78 bits per heavy atom. The van der Waals surface area contributed by atoms with Crippen LogP contribution in [0.15, 0.2) is 70.5 Å². The Hall–Kier alpha value is -2.53. The molecule has 1 amide bonds. The predicted molar refractivity (Wildman–Crippen MR) is 92.9 cm³/mol. The number of benzene rings is 2. The number of nitrogens with zero attached hydrogens (tertiary/aromatic N) is 2. The van der Waals surface area contributed by atoms with Gasteiger partial charge in [0.25, 0.3) is 5.91 Å². The Kier molecular flexibility index (Phi) is 4.48.